The molecule has 1 aromatic carbocycles. The van der Waals surface area contributed by atoms with Gasteiger partial charge in [-0.05, 0) is 45.4 Å². The van der Waals surface area contributed by atoms with Gasteiger partial charge in [-0.1, -0.05) is 11.6 Å². The average Bonchev–Trinajstić information content (AvgIpc) is 3.24. The molecule has 0 saturated carbocycles. The number of fused-ring (bicyclic) bond motifs is 3. The lowest BCUT2D eigenvalue weighted by Gasteiger charge is -2.28. The minimum absolute atomic E-state index is 0.00471. The fraction of sp³-hybridized carbons (Fsp3) is 0.450. The summed E-state index contributed by atoms with van der Waals surface area (Å²) in [4.78, 5) is 24.9. The second-order valence-electron chi connectivity index (χ2n) is 8.31. The molecule has 1 aliphatic rings. The normalized spacial score (nSPS) is 17.3. The molecule has 1 fully saturated rings. The van der Waals surface area contributed by atoms with Crippen molar-refractivity contribution < 1.29 is 13.9 Å². The van der Waals surface area contributed by atoms with Crippen LogP contribution in [-0.4, -0.2) is 52.7 Å². The first kappa shape index (κ1) is 19.6. The van der Waals surface area contributed by atoms with Crippen molar-refractivity contribution in [3.63, 3.8) is 0 Å². The van der Waals surface area contributed by atoms with Crippen LogP contribution >= 0.6 is 11.6 Å². The van der Waals surface area contributed by atoms with E-state index in [2.05, 4.69) is 14.9 Å². The van der Waals surface area contributed by atoms with Crippen molar-refractivity contribution in [3.05, 3.63) is 23.2 Å². The topological polar surface area (TPSA) is 97.7 Å². The number of nitrogens with two attached hydrogens (primary N) is 1. The molecule has 0 bridgehead atoms. The highest BCUT2D eigenvalue weighted by molar-refractivity contribution is 6.31. The number of ether oxygens (including phenoxy) is 1. The van der Waals surface area contributed by atoms with Crippen LogP contribution in [-0.2, 0) is 4.74 Å². The molecule has 2 N–H and O–H groups in total. The zero-order valence-electron chi connectivity index (χ0n) is 16.9. The lowest BCUT2D eigenvalue weighted by atomic mass is 10.2. The maximum absolute atomic E-state index is 12.4. The molecule has 2 aromatic heterocycles. The maximum atomic E-state index is 12.4. The van der Waals surface area contributed by atoms with E-state index in [-0.39, 0.29) is 18.1 Å². The number of carbonyl (C=O) groups excluding carboxylic acids is 1. The Labute approximate surface area is 173 Å². The van der Waals surface area contributed by atoms with E-state index in [9.17, 15) is 4.79 Å². The van der Waals surface area contributed by atoms with Crippen LogP contribution < -0.4 is 10.6 Å². The molecule has 4 rings (SSSR count). The van der Waals surface area contributed by atoms with E-state index >= 15 is 0 Å². The van der Waals surface area contributed by atoms with Gasteiger partial charge in [0.2, 0.25) is 5.95 Å². The zero-order valence-corrected chi connectivity index (χ0v) is 17.7. The van der Waals surface area contributed by atoms with Gasteiger partial charge in [0.05, 0.1) is 6.04 Å². The van der Waals surface area contributed by atoms with Gasteiger partial charge in [-0.2, -0.15) is 4.98 Å². The minimum Gasteiger partial charge on any atom is -0.450 e. The molecular weight excluding hydrogens is 394 g/mol. The highest BCUT2D eigenvalue weighted by Gasteiger charge is 2.33. The van der Waals surface area contributed by atoms with E-state index in [1.165, 1.54) is 0 Å². The number of rotatable bonds is 2. The van der Waals surface area contributed by atoms with Crippen LogP contribution in [0, 0.1) is 0 Å². The molecule has 154 valence electrons. The van der Waals surface area contributed by atoms with Crippen molar-refractivity contribution in [2.45, 2.75) is 38.8 Å². The molecule has 8 nitrogen and oxygen atoms in total. The Balaban J connectivity index is 1.64. The Hall–Kier alpha value is -2.74. The summed E-state index contributed by atoms with van der Waals surface area (Å²) in [5, 5.41) is 1.39. The molecule has 9 heteroatoms. The number of nitrogens with zero attached hydrogens (tertiary/aromatic N) is 4. The second kappa shape index (κ2) is 6.95. The minimum atomic E-state index is -0.535. The Kier molecular flexibility index (Phi) is 4.69. The van der Waals surface area contributed by atoms with Crippen molar-refractivity contribution in [1.29, 1.82) is 0 Å². The highest BCUT2D eigenvalue weighted by Crippen LogP contribution is 2.36. The third-order valence-electron chi connectivity index (χ3n) is 4.97. The van der Waals surface area contributed by atoms with Crippen molar-refractivity contribution in [3.8, 4) is 0 Å². The number of furan rings is 1. The molecule has 1 aliphatic heterocycles. The monoisotopic (exact) mass is 417 g/mol. The molecule has 1 atom stereocenters. The molecule has 3 aromatic rings. The summed E-state index contributed by atoms with van der Waals surface area (Å²) in [6.07, 6.45) is 0.447. The van der Waals surface area contributed by atoms with E-state index in [1.807, 2.05) is 32.9 Å². The molecule has 3 heterocycles. The van der Waals surface area contributed by atoms with Crippen LogP contribution in [0.3, 0.4) is 0 Å². The summed E-state index contributed by atoms with van der Waals surface area (Å²) in [7, 11) is 1.76. The van der Waals surface area contributed by atoms with Gasteiger partial charge in [-0.25, -0.2) is 9.78 Å². The predicted molar refractivity (Wildman–Crippen MR) is 113 cm³/mol. The SMILES string of the molecule is CN(C(=O)OC(C)(C)C)[C@H]1CCN(c2nc(N)nc3c2oc2ccc(Cl)cc23)C1. The predicted octanol–water partition coefficient (Wildman–Crippen LogP) is 4.06. The lowest BCUT2D eigenvalue weighted by molar-refractivity contribution is 0.0238. The molecular formula is C20H24ClN5O3. The second-order valence-corrected chi connectivity index (χ2v) is 8.74. The number of nitrogen functional groups attached to an aromatic ring is 1. The zero-order chi connectivity index (χ0) is 20.9. The summed E-state index contributed by atoms with van der Waals surface area (Å²) in [6.45, 7) is 6.87. The Morgan fingerprint density at radius 2 is 2.14 bits per heavy atom. The number of anilines is 2. The van der Waals surface area contributed by atoms with Crippen LogP contribution in [0.4, 0.5) is 16.6 Å². The lowest BCUT2D eigenvalue weighted by Crippen LogP contribution is -2.42. The number of halogens is 1. The number of carbonyl (C=O) groups is 1. The van der Waals surface area contributed by atoms with Gasteiger partial charge in [-0.15, -0.1) is 0 Å². The van der Waals surface area contributed by atoms with Crippen LogP contribution in [0.2, 0.25) is 5.02 Å². The van der Waals surface area contributed by atoms with Gasteiger partial charge in [-0.3, -0.25) is 0 Å². The largest absolute Gasteiger partial charge is 0.450 e. The first-order valence-electron chi connectivity index (χ1n) is 9.48. The number of likely N-dealkylation sites (N-methyl/N-ethyl adjacent to an activating group) is 1. The maximum Gasteiger partial charge on any atom is 0.410 e. The average molecular weight is 418 g/mol. The molecule has 0 aliphatic carbocycles. The van der Waals surface area contributed by atoms with Crippen LogP contribution in [0.15, 0.2) is 22.6 Å². The van der Waals surface area contributed by atoms with E-state index in [1.54, 1.807) is 18.0 Å². The number of amides is 1. The summed E-state index contributed by atoms with van der Waals surface area (Å²) in [6, 6.07) is 5.38. The van der Waals surface area contributed by atoms with E-state index in [0.717, 1.165) is 11.8 Å². The number of hydrogen-bond acceptors (Lipinski definition) is 7. The van der Waals surface area contributed by atoms with E-state index in [0.29, 0.717) is 40.6 Å². The molecule has 0 unspecified atom stereocenters. The molecule has 1 amide bonds. The van der Waals surface area contributed by atoms with Crippen LogP contribution in [0.5, 0.6) is 0 Å². The highest BCUT2D eigenvalue weighted by atomic mass is 35.5. The first-order chi connectivity index (χ1) is 13.6. The molecule has 1 saturated heterocycles. The molecule has 0 radical (unpaired) electrons. The third-order valence-corrected chi connectivity index (χ3v) is 5.20. The summed E-state index contributed by atoms with van der Waals surface area (Å²) in [5.74, 6) is 0.791. The third kappa shape index (κ3) is 3.76. The van der Waals surface area contributed by atoms with Gasteiger partial charge in [0.1, 0.15) is 16.7 Å². The van der Waals surface area contributed by atoms with E-state index in [4.69, 9.17) is 26.5 Å². The van der Waals surface area contributed by atoms with Gasteiger partial charge in [0.25, 0.3) is 0 Å². The van der Waals surface area contributed by atoms with Gasteiger partial charge in [0, 0.05) is 30.5 Å². The van der Waals surface area contributed by atoms with Gasteiger partial charge < -0.3 is 24.7 Å². The summed E-state index contributed by atoms with van der Waals surface area (Å²) >= 11 is 6.14. The Morgan fingerprint density at radius 3 is 2.86 bits per heavy atom. The number of aromatic nitrogens is 2. The number of hydrogen-bond donors (Lipinski definition) is 1. The van der Waals surface area contributed by atoms with Crippen LogP contribution in [0.1, 0.15) is 27.2 Å². The fourth-order valence-corrected chi connectivity index (χ4v) is 3.74. The van der Waals surface area contributed by atoms with Crippen molar-refractivity contribution in [2.24, 2.45) is 0 Å². The molecule has 0 spiro atoms. The Bertz CT molecular complexity index is 1090. The van der Waals surface area contributed by atoms with Crippen LogP contribution in [0.25, 0.3) is 22.1 Å². The van der Waals surface area contributed by atoms with Crippen molar-refractivity contribution >= 4 is 51.5 Å². The van der Waals surface area contributed by atoms with E-state index < -0.39 is 5.60 Å². The standard InChI is InChI=1S/C20H24ClN5O3/c1-20(2,3)29-19(27)25(4)12-7-8-26(10-12)17-16-15(23-18(22)24-17)13-9-11(21)5-6-14(13)28-16/h5-6,9,12H,7-8,10H2,1-4H3,(H2,22,23,24)/t12-/m0/s1. The van der Waals surface area contributed by atoms with Crippen molar-refractivity contribution in [2.75, 3.05) is 30.8 Å². The summed E-state index contributed by atoms with van der Waals surface area (Å²) in [5.41, 5.74) is 7.32. The molecule has 29 heavy (non-hydrogen) atoms. The quantitative estimate of drug-likeness (QED) is 0.671. The Morgan fingerprint density at radius 1 is 1.38 bits per heavy atom. The van der Waals surface area contributed by atoms with Gasteiger partial charge >= 0.3 is 6.09 Å². The smallest absolute Gasteiger partial charge is 0.410 e. The fourth-order valence-electron chi connectivity index (χ4n) is 3.57. The first-order valence-corrected chi connectivity index (χ1v) is 9.86. The van der Waals surface area contributed by atoms with Gasteiger partial charge in [0.15, 0.2) is 11.4 Å². The van der Waals surface area contributed by atoms with Crippen molar-refractivity contribution in [1.82, 2.24) is 14.9 Å². The summed E-state index contributed by atoms with van der Waals surface area (Å²) < 4.78 is 11.5. The number of benzene rings is 1.